The van der Waals surface area contributed by atoms with Crippen LogP contribution in [-0.4, -0.2) is 37.0 Å². The van der Waals surface area contributed by atoms with Crippen LogP contribution in [0, 0.1) is 12.8 Å². The van der Waals surface area contributed by atoms with E-state index < -0.39 is 33.7 Å². The van der Waals surface area contributed by atoms with Crippen molar-refractivity contribution < 1.29 is 27.5 Å². The predicted molar refractivity (Wildman–Crippen MR) is 124 cm³/mol. The van der Waals surface area contributed by atoms with Crippen molar-refractivity contribution in [3.05, 3.63) is 64.7 Å². The summed E-state index contributed by atoms with van der Waals surface area (Å²) in [5.41, 5.74) is 0.350. The molecule has 3 rings (SSSR count). The fourth-order valence-corrected chi connectivity index (χ4v) is 4.69. The van der Waals surface area contributed by atoms with Gasteiger partial charge in [-0.25, -0.2) is 13.2 Å². The lowest BCUT2D eigenvalue weighted by Gasteiger charge is -2.32. The molecule has 9 heteroatoms. The SMILES string of the molecule is Cc1ccc(S(=O)(=O)N(C(=O)OC(C)(C)C)[C@@H](COC(=O)C2CC2)c2ccc(Cl)cc2)cc1. The highest BCUT2D eigenvalue weighted by molar-refractivity contribution is 7.89. The number of hydrogen-bond donors (Lipinski definition) is 0. The van der Waals surface area contributed by atoms with Gasteiger partial charge in [0.15, 0.2) is 0 Å². The van der Waals surface area contributed by atoms with E-state index in [0.717, 1.165) is 18.4 Å². The van der Waals surface area contributed by atoms with Crippen LogP contribution in [0.1, 0.15) is 50.8 Å². The molecule has 0 aliphatic heterocycles. The Morgan fingerprint density at radius 2 is 1.64 bits per heavy atom. The molecule has 1 atom stereocenters. The van der Waals surface area contributed by atoms with Gasteiger partial charge in [0.1, 0.15) is 18.2 Å². The van der Waals surface area contributed by atoms with E-state index in [9.17, 15) is 18.0 Å². The van der Waals surface area contributed by atoms with Gasteiger partial charge in [-0.3, -0.25) is 4.79 Å². The molecular weight excluding hydrogens is 466 g/mol. The molecule has 0 unspecified atom stereocenters. The molecule has 2 aromatic rings. The van der Waals surface area contributed by atoms with Crippen LogP contribution in [-0.2, 0) is 24.3 Å². The van der Waals surface area contributed by atoms with Crippen molar-refractivity contribution in [1.29, 1.82) is 0 Å². The first-order valence-electron chi connectivity index (χ1n) is 10.6. The highest BCUT2D eigenvalue weighted by Gasteiger charge is 2.41. The van der Waals surface area contributed by atoms with Gasteiger partial charge in [-0.2, -0.15) is 4.31 Å². The number of ether oxygens (including phenoxy) is 2. The highest BCUT2D eigenvalue weighted by Crippen LogP contribution is 2.34. The fraction of sp³-hybridized carbons (Fsp3) is 0.417. The van der Waals surface area contributed by atoms with Crippen LogP contribution in [0.4, 0.5) is 4.79 Å². The maximum atomic E-state index is 13.7. The van der Waals surface area contributed by atoms with E-state index in [1.807, 2.05) is 6.92 Å². The molecule has 1 aliphatic carbocycles. The summed E-state index contributed by atoms with van der Waals surface area (Å²) in [6.07, 6.45) is 0.412. The van der Waals surface area contributed by atoms with Gasteiger partial charge in [-0.05, 0) is 70.4 Å². The quantitative estimate of drug-likeness (QED) is 0.488. The van der Waals surface area contributed by atoms with E-state index in [0.29, 0.717) is 14.9 Å². The Morgan fingerprint density at radius 1 is 1.06 bits per heavy atom. The summed E-state index contributed by atoms with van der Waals surface area (Å²) in [6.45, 7) is 6.42. The summed E-state index contributed by atoms with van der Waals surface area (Å²) in [4.78, 5) is 25.4. The number of amides is 1. The van der Waals surface area contributed by atoms with Crippen molar-refractivity contribution in [3.8, 4) is 0 Å². The van der Waals surface area contributed by atoms with Crippen LogP contribution in [0.15, 0.2) is 53.4 Å². The van der Waals surface area contributed by atoms with Crippen LogP contribution in [0.25, 0.3) is 0 Å². The van der Waals surface area contributed by atoms with Crippen LogP contribution in [0.3, 0.4) is 0 Å². The third kappa shape index (κ3) is 6.48. The lowest BCUT2D eigenvalue weighted by molar-refractivity contribution is -0.146. The highest BCUT2D eigenvalue weighted by atomic mass is 35.5. The summed E-state index contributed by atoms with van der Waals surface area (Å²) in [5, 5.41) is 0.442. The zero-order valence-corrected chi connectivity index (χ0v) is 20.7. The van der Waals surface area contributed by atoms with Crippen molar-refractivity contribution in [1.82, 2.24) is 4.31 Å². The van der Waals surface area contributed by atoms with Gasteiger partial charge in [0.2, 0.25) is 0 Å². The molecule has 0 spiro atoms. The molecule has 1 amide bonds. The zero-order valence-electron chi connectivity index (χ0n) is 19.1. The summed E-state index contributed by atoms with van der Waals surface area (Å²) in [6, 6.07) is 11.4. The summed E-state index contributed by atoms with van der Waals surface area (Å²) in [7, 11) is -4.36. The number of benzene rings is 2. The fourth-order valence-electron chi connectivity index (χ4n) is 3.11. The molecule has 7 nitrogen and oxygen atoms in total. The number of carbonyl (C=O) groups is 2. The minimum atomic E-state index is -4.36. The molecule has 0 bridgehead atoms. The number of rotatable bonds is 7. The molecule has 0 N–H and O–H groups in total. The topological polar surface area (TPSA) is 90.0 Å². The standard InChI is InChI=1S/C24H28ClNO6S/c1-16-5-13-20(14-6-16)33(29,30)26(23(28)32-24(2,3)4)21(15-31-22(27)18-7-8-18)17-9-11-19(25)12-10-17/h5-6,9-14,18,21H,7-8,15H2,1-4H3/t21-/m0/s1. The van der Waals surface area contributed by atoms with E-state index in [-0.39, 0.29) is 17.4 Å². The molecule has 2 aromatic carbocycles. The van der Waals surface area contributed by atoms with Gasteiger partial charge >= 0.3 is 12.1 Å². The maximum Gasteiger partial charge on any atom is 0.425 e. The van der Waals surface area contributed by atoms with Crippen molar-refractivity contribution in [2.45, 2.75) is 57.1 Å². The number of nitrogens with zero attached hydrogens (tertiary/aromatic N) is 1. The van der Waals surface area contributed by atoms with Gasteiger partial charge in [-0.1, -0.05) is 41.4 Å². The minimum absolute atomic E-state index is 0.0774. The van der Waals surface area contributed by atoms with E-state index in [2.05, 4.69) is 0 Å². The largest absolute Gasteiger partial charge is 0.463 e. The predicted octanol–water partition coefficient (Wildman–Crippen LogP) is 5.27. The average molecular weight is 494 g/mol. The van der Waals surface area contributed by atoms with Crippen molar-refractivity contribution >= 4 is 33.7 Å². The second-order valence-electron chi connectivity index (χ2n) is 9.07. The summed E-state index contributed by atoms with van der Waals surface area (Å²) >= 11 is 6.01. The molecule has 178 valence electrons. The number of carbonyl (C=O) groups excluding carboxylic acids is 2. The molecule has 0 radical (unpaired) electrons. The van der Waals surface area contributed by atoms with Crippen molar-refractivity contribution in [3.63, 3.8) is 0 Å². The Morgan fingerprint density at radius 3 is 2.15 bits per heavy atom. The number of aryl methyl sites for hydroxylation is 1. The minimum Gasteiger partial charge on any atom is -0.463 e. The first-order chi connectivity index (χ1) is 15.4. The molecule has 1 saturated carbocycles. The number of hydrogen-bond acceptors (Lipinski definition) is 6. The third-order valence-electron chi connectivity index (χ3n) is 4.98. The van der Waals surface area contributed by atoms with E-state index in [4.69, 9.17) is 21.1 Å². The molecule has 0 aromatic heterocycles. The van der Waals surface area contributed by atoms with E-state index >= 15 is 0 Å². The van der Waals surface area contributed by atoms with Crippen molar-refractivity contribution in [2.24, 2.45) is 5.92 Å². The Bertz CT molecular complexity index is 1100. The van der Waals surface area contributed by atoms with Gasteiger partial charge in [-0.15, -0.1) is 0 Å². The molecule has 0 saturated heterocycles. The van der Waals surface area contributed by atoms with E-state index in [1.54, 1.807) is 57.2 Å². The maximum absolute atomic E-state index is 13.7. The lowest BCUT2D eigenvalue weighted by Crippen LogP contribution is -2.44. The van der Waals surface area contributed by atoms with Gasteiger partial charge in [0, 0.05) is 5.02 Å². The van der Waals surface area contributed by atoms with Crippen LogP contribution >= 0.6 is 11.6 Å². The zero-order chi connectivity index (χ0) is 24.4. The lowest BCUT2D eigenvalue weighted by atomic mass is 10.1. The van der Waals surface area contributed by atoms with Crippen LogP contribution in [0.5, 0.6) is 0 Å². The molecule has 0 heterocycles. The molecular formula is C24H28ClNO6S. The van der Waals surface area contributed by atoms with Gasteiger partial charge < -0.3 is 9.47 Å². The number of sulfonamides is 1. The average Bonchev–Trinajstić information content (AvgIpc) is 3.55. The Labute approximate surface area is 199 Å². The smallest absolute Gasteiger partial charge is 0.425 e. The Kier molecular flexibility index (Phi) is 7.39. The first-order valence-corrected chi connectivity index (χ1v) is 12.5. The summed E-state index contributed by atoms with van der Waals surface area (Å²) < 4.78 is 39.0. The second kappa shape index (κ2) is 9.73. The number of esters is 1. The second-order valence-corrected chi connectivity index (χ2v) is 11.3. The van der Waals surface area contributed by atoms with Gasteiger partial charge in [0.25, 0.3) is 10.0 Å². The van der Waals surface area contributed by atoms with Gasteiger partial charge in [0.05, 0.1) is 10.8 Å². The van der Waals surface area contributed by atoms with E-state index in [1.165, 1.54) is 12.1 Å². The molecule has 1 aliphatic rings. The Hall–Kier alpha value is -2.58. The molecule has 33 heavy (non-hydrogen) atoms. The molecule has 1 fully saturated rings. The normalized spacial score (nSPS) is 14.9. The number of halogens is 1. The summed E-state index contributed by atoms with van der Waals surface area (Å²) in [5.74, 6) is -0.592. The monoisotopic (exact) mass is 493 g/mol. The van der Waals surface area contributed by atoms with Crippen LogP contribution in [0.2, 0.25) is 5.02 Å². The third-order valence-corrected chi connectivity index (χ3v) is 7.02. The first kappa shape index (κ1) is 25.1. The Balaban J connectivity index is 2.08. The van der Waals surface area contributed by atoms with Crippen molar-refractivity contribution in [2.75, 3.05) is 6.61 Å². The van der Waals surface area contributed by atoms with Crippen LogP contribution < -0.4 is 0 Å².